The zero-order chi connectivity index (χ0) is 12.0. The zero-order valence-electron chi connectivity index (χ0n) is 10.6. The van der Waals surface area contributed by atoms with Crippen LogP contribution in [0.25, 0.3) is 0 Å². The average molecular weight is 231 g/mol. The van der Waals surface area contributed by atoms with E-state index in [-0.39, 0.29) is 0 Å². The van der Waals surface area contributed by atoms with E-state index in [9.17, 15) is 4.79 Å². The van der Waals surface area contributed by atoms with Crippen molar-refractivity contribution in [2.75, 3.05) is 13.6 Å². The van der Waals surface area contributed by atoms with Crippen molar-refractivity contribution < 1.29 is 4.79 Å². The van der Waals surface area contributed by atoms with Crippen LogP contribution in [0.2, 0.25) is 0 Å². The highest BCUT2D eigenvalue weighted by Crippen LogP contribution is 2.56. The first kappa shape index (κ1) is 11.1. The summed E-state index contributed by atoms with van der Waals surface area (Å²) in [4.78, 5) is 14.2. The molecule has 4 saturated carbocycles. The van der Waals surface area contributed by atoms with Gasteiger partial charge in [0.1, 0.15) is 0 Å². The first-order chi connectivity index (χ1) is 8.19. The molecule has 0 heterocycles. The van der Waals surface area contributed by atoms with Gasteiger partial charge in [-0.1, -0.05) is 5.92 Å². The van der Waals surface area contributed by atoms with Crippen molar-refractivity contribution in [3.63, 3.8) is 0 Å². The number of hydrogen-bond donors (Lipinski definition) is 0. The summed E-state index contributed by atoms with van der Waals surface area (Å²) < 4.78 is 0. The van der Waals surface area contributed by atoms with E-state index in [0.717, 1.165) is 11.8 Å². The summed E-state index contributed by atoms with van der Waals surface area (Å²) in [5.74, 6) is 6.38. The van der Waals surface area contributed by atoms with Crippen LogP contribution in [-0.4, -0.2) is 24.4 Å². The van der Waals surface area contributed by atoms with Crippen molar-refractivity contribution >= 4 is 5.91 Å². The molecule has 4 bridgehead atoms. The second-order valence-electron chi connectivity index (χ2n) is 6.35. The smallest absolute Gasteiger partial charge is 0.226 e. The van der Waals surface area contributed by atoms with Crippen LogP contribution in [0, 0.1) is 41.9 Å². The molecule has 2 heteroatoms. The van der Waals surface area contributed by atoms with Gasteiger partial charge in [-0.15, -0.1) is 6.42 Å². The van der Waals surface area contributed by atoms with Gasteiger partial charge in [0.25, 0.3) is 0 Å². The van der Waals surface area contributed by atoms with Gasteiger partial charge in [0.15, 0.2) is 0 Å². The quantitative estimate of drug-likeness (QED) is 0.667. The second kappa shape index (κ2) is 4.05. The van der Waals surface area contributed by atoms with E-state index < -0.39 is 0 Å². The number of carbonyl (C=O) groups is 1. The minimum atomic E-state index is 0.293. The Hall–Kier alpha value is -0.970. The molecule has 0 aromatic rings. The highest BCUT2D eigenvalue weighted by molar-refractivity contribution is 5.79. The van der Waals surface area contributed by atoms with E-state index in [4.69, 9.17) is 6.42 Å². The number of nitrogens with zero attached hydrogens (tertiary/aromatic N) is 1. The number of hydrogen-bond acceptors (Lipinski definition) is 1. The maximum Gasteiger partial charge on any atom is 0.226 e. The maximum absolute atomic E-state index is 12.5. The van der Waals surface area contributed by atoms with Crippen molar-refractivity contribution in [3.8, 4) is 12.3 Å². The van der Waals surface area contributed by atoms with Gasteiger partial charge in [0.2, 0.25) is 5.91 Å². The van der Waals surface area contributed by atoms with Gasteiger partial charge in [-0.25, -0.2) is 0 Å². The Balaban J connectivity index is 1.76. The molecule has 0 unspecified atom stereocenters. The molecule has 2 nitrogen and oxygen atoms in total. The van der Waals surface area contributed by atoms with Crippen molar-refractivity contribution in [3.05, 3.63) is 0 Å². The summed E-state index contributed by atoms with van der Waals surface area (Å²) in [7, 11) is 1.85. The molecule has 0 atom stereocenters. The predicted octanol–water partition coefficient (Wildman–Crippen LogP) is 2.15. The Morgan fingerprint density at radius 3 is 2.18 bits per heavy atom. The molecule has 0 aliphatic heterocycles. The molecule has 0 saturated heterocycles. The molecule has 17 heavy (non-hydrogen) atoms. The van der Waals surface area contributed by atoms with E-state index >= 15 is 0 Å². The molecule has 0 aromatic carbocycles. The number of amides is 1. The molecule has 0 N–H and O–H groups in total. The van der Waals surface area contributed by atoms with Gasteiger partial charge in [0, 0.05) is 13.0 Å². The lowest BCUT2D eigenvalue weighted by atomic mass is 9.51. The van der Waals surface area contributed by atoms with Crippen LogP contribution in [0.1, 0.15) is 32.1 Å². The predicted molar refractivity (Wildman–Crippen MR) is 67.0 cm³/mol. The topological polar surface area (TPSA) is 20.3 Å². The lowest BCUT2D eigenvalue weighted by molar-refractivity contribution is -0.147. The minimum absolute atomic E-state index is 0.293. The molecule has 0 radical (unpaired) electrons. The monoisotopic (exact) mass is 231 g/mol. The third-order valence-corrected chi connectivity index (χ3v) is 5.22. The molecule has 0 aromatic heterocycles. The van der Waals surface area contributed by atoms with Crippen molar-refractivity contribution in [1.29, 1.82) is 0 Å². The summed E-state index contributed by atoms with van der Waals surface area (Å²) in [6.07, 6.45) is 11.9. The van der Waals surface area contributed by atoms with Gasteiger partial charge < -0.3 is 4.90 Å². The fourth-order valence-electron chi connectivity index (χ4n) is 4.80. The molecule has 4 fully saturated rings. The minimum Gasteiger partial charge on any atom is -0.334 e. The van der Waals surface area contributed by atoms with E-state index in [1.807, 2.05) is 7.05 Å². The van der Waals surface area contributed by atoms with Crippen molar-refractivity contribution in [2.45, 2.75) is 32.1 Å². The Labute approximate surface area is 104 Å². The van der Waals surface area contributed by atoms with Crippen LogP contribution in [0.4, 0.5) is 0 Å². The number of rotatable bonds is 2. The highest BCUT2D eigenvalue weighted by atomic mass is 16.2. The second-order valence-corrected chi connectivity index (χ2v) is 6.35. The Morgan fingerprint density at radius 1 is 1.18 bits per heavy atom. The van der Waals surface area contributed by atoms with E-state index in [1.165, 1.54) is 32.1 Å². The van der Waals surface area contributed by atoms with Crippen LogP contribution >= 0.6 is 0 Å². The van der Waals surface area contributed by atoms with Gasteiger partial charge in [0.05, 0.1) is 6.54 Å². The Morgan fingerprint density at radius 2 is 1.71 bits per heavy atom. The molecular formula is C15H21NO. The molecule has 1 amide bonds. The Bertz CT molecular complexity index is 340. The van der Waals surface area contributed by atoms with Gasteiger partial charge >= 0.3 is 0 Å². The van der Waals surface area contributed by atoms with Crippen LogP contribution in [0.3, 0.4) is 0 Å². The van der Waals surface area contributed by atoms with Gasteiger partial charge in [-0.3, -0.25) is 4.79 Å². The first-order valence-electron chi connectivity index (χ1n) is 6.87. The molecule has 92 valence electrons. The molecule has 0 spiro atoms. The average Bonchev–Trinajstić information content (AvgIpc) is 2.27. The summed E-state index contributed by atoms with van der Waals surface area (Å²) in [5.41, 5.74) is 0. The molecular weight excluding hydrogens is 210 g/mol. The fourth-order valence-corrected chi connectivity index (χ4v) is 4.80. The van der Waals surface area contributed by atoms with Crippen molar-refractivity contribution in [2.24, 2.45) is 29.6 Å². The number of terminal acetylenes is 1. The third-order valence-electron chi connectivity index (χ3n) is 5.22. The molecule has 4 rings (SSSR count). The maximum atomic E-state index is 12.5. The van der Waals surface area contributed by atoms with E-state index in [0.29, 0.717) is 30.2 Å². The fraction of sp³-hybridized carbons (Fsp3) is 0.800. The first-order valence-corrected chi connectivity index (χ1v) is 6.87. The summed E-state index contributed by atoms with van der Waals surface area (Å²) in [5, 5.41) is 0. The van der Waals surface area contributed by atoms with Crippen LogP contribution in [0.15, 0.2) is 0 Å². The van der Waals surface area contributed by atoms with E-state index in [2.05, 4.69) is 5.92 Å². The number of carbonyl (C=O) groups excluding carboxylic acids is 1. The van der Waals surface area contributed by atoms with E-state index in [1.54, 1.807) is 4.90 Å². The van der Waals surface area contributed by atoms with Gasteiger partial charge in [-0.05, 0) is 55.8 Å². The lowest BCUT2D eigenvalue weighted by Crippen LogP contribution is -2.51. The summed E-state index contributed by atoms with van der Waals surface area (Å²) in [6.45, 7) is 0.460. The molecule has 4 aliphatic carbocycles. The lowest BCUT2D eigenvalue weighted by Gasteiger charge is -2.54. The summed E-state index contributed by atoms with van der Waals surface area (Å²) in [6, 6.07) is 0. The van der Waals surface area contributed by atoms with Crippen LogP contribution < -0.4 is 0 Å². The SMILES string of the molecule is C#CCN(C)C(=O)C1C2CC3CC(C2)CC1C3. The zero-order valence-corrected chi connectivity index (χ0v) is 10.6. The van der Waals surface area contributed by atoms with Gasteiger partial charge in [-0.2, -0.15) is 0 Å². The third kappa shape index (κ3) is 1.76. The standard InChI is InChI=1S/C15H21NO/c1-3-4-16(2)15(17)14-12-6-10-5-11(8-12)9-13(14)7-10/h1,10-14H,4-9H2,2H3. The molecule has 4 aliphatic rings. The largest absolute Gasteiger partial charge is 0.334 e. The summed E-state index contributed by atoms with van der Waals surface area (Å²) >= 11 is 0. The Kier molecular flexibility index (Phi) is 2.65. The van der Waals surface area contributed by atoms with Crippen LogP contribution in [0.5, 0.6) is 0 Å². The highest BCUT2D eigenvalue weighted by Gasteiger charge is 2.51. The normalized spacial score (nSPS) is 42.2. The van der Waals surface area contributed by atoms with Crippen molar-refractivity contribution in [1.82, 2.24) is 4.90 Å². The van der Waals surface area contributed by atoms with Crippen LogP contribution in [-0.2, 0) is 4.79 Å².